The first-order chi connectivity index (χ1) is 9.38. The molecule has 4 nitrogen and oxygen atoms in total. The van der Waals surface area contributed by atoms with Crippen LogP contribution in [0.2, 0.25) is 0 Å². The average molecular weight is 286 g/mol. The molecule has 20 heavy (non-hydrogen) atoms. The number of hydrogen-bond acceptors (Lipinski definition) is 3. The Labute approximate surface area is 114 Å². The summed E-state index contributed by atoms with van der Waals surface area (Å²) in [6.07, 6.45) is -3.93. The first-order valence-electron chi connectivity index (χ1n) is 5.89. The zero-order valence-electron chi connectivity index (χ0n) is 10.8. The van der Waals surface area contributed by atoms with Gasteiger partial charge in [-0.2, -0.15) is 18.4 Å². The molecular formula is C13H13F3N2O2. The molecule has 1 N–H and O–H groups in total. The minimum Gasteiger partial charge on any atom is -0.483 e. The van der Waals surface area contributed by atoms with Crippen LogP contribution < -0.4 is 10.1 Å². The summed E-state index contributed by atoms with van der Waals surface area (Å²) in [5, 5.41) is 11.1. The lowest BCUT2D eigenvalue weighted by Gasteiger charge is -2.14. The maximum atomic E-state index is 12.8. The van der Waals surface area contributed by atoms with Gasteiger partial charge >= 0.3 is 6.18 Å². The number of carbonyl (C=O) groups is 1. The van der Waals surface area contributed by atoms with Gasteiger partial charge in [-0.05, 0) is 24.6 Å². The molecule has 0 unspecified atom stereocenters. The molecule has 0 aliphatic heterocycles. The van der Waals surface area contributed by atoms with E-state index in [0.29, 0.717) is 12.6 Å². The van der Waals surface area contributed by atoms with Crippen LogP contribution in [0.15, 0.2) is 18.2 Å². The van der Waals surface area contributed by atoms with Gasteiger partial charge in [0, 0.05) is 6.54 Å². The van der Waals surface area contributed by atoms with Crippen LogP contribution in [0.1, 0.15) is 24.5 Å². The maximum Gasteiger partial charge on any atom is 0.420 e. The quantitative estimate of drug-likeness (QED) is 0.904. The third-order valence-electron chi connectivity index (χ3n) is 2.34. The van der Waals surface area contributed by atoms with Gasteiger partial charge in [0.05, 0.1) is 17.2 Å². The van der Waals surface area contributed by atoms with E-state index in [-0.39, 0.29) is 5.56 Å². The number of nitrogens with one attached hydrogen (secondary N) is 1. The average Bonchev–Trinajstić information content (AvgIpc) is 2.41. The smallest absolute Gasteiger partial charge is 0.420 e. The lowest BCUT2D eigenvalue weighted by molar-refractivity contribution is -0.139. The minimum absolute atomic E-state index is 0.125. The first-order valence-corrected chi connectivity index (χ1v) is 5.89. The first kappa shape index (κ1) is 15.8. The van der Waals surface area contributed by atoms with Gasteiger partial charge in [0.15, 0.2) is 6.61 Å². The summed E-state index contributed by atoms with van der Waals surface area (Å²) in [4.78, 5) is 11.3. The van der Waals surface area contributed by atoms with Crippen molar-refractivity contribution in [2.24, 2.45) is 0 Å². The molecule has 1 amide bonds. The fourth-order valence-electron chi connectivity index (χ4n) is 1.41. The second kappa shape index (κ2) is 6.80. The summed E-state index contributed by atoms with van der Waals surface area (Å²) in [6.45, 7) is 1.78. The lowest BCUT2D eigenvalue weighted by atomic mass is 10.1. The highest BCUT2D eigenvalue weighted by Gasteiger charge is 2.34. The minimum atomic E-state index is -4.65. The van der Waals surface area contributed by atoms with Crippen LogP contribution >= 0.6 is 0 Å². The Balaban J connectivity index is 2.85. The second-order valence-corrected chi connectivity index (χ2v) is 3.96. The Morgan fingerprint density at radius 3 is 2.70 bits per heavy atom. The van der Waals surface area contributed by atoms with Gasteiger partial charge in [-0.15, -0.1) is 0 Å². The summed E-state index contributed by atoms with van der Waals surface area (Å²) in [5.41, 5.74) is -1.19. The highest BCUT2D eigenvalue weighted by molar-refractivity contribution is 5.77. The number of halogens is 3. The number of benzene rings is 1. The van der Waals surface area contributed by atoms with Crippen molar-refractivity contribution in [1.82, 2.24) is 5.32 Å². The molecule has 0 radical (unpaired) electrons. The van der Waals surface area contributed by atoms with Crippen LogP contribution in [0.5, 0.6) is 5.75 Å². The third kappa shape index (κ3) is 4.46. The van der Waals surface area contributed by atoms with E-state index in [2.05, 4.69) is 5.32 Å². The van der Waals surface area contributed by atoms with E-state index in [1.165, 1.54) is 6.07 Å². The van der Waals surface area contributed by atoms with E-state index in [1.807, 2.05) is 6.92 Å². The van der Waals surface area contributed by atoms with Gasteiger partial charge in [0.2, 0.25) is 0 Å². The maximum absolute atomic E-state index is 12.8. The monoisotopic (exact) mass is 286 g/mol. The van der Waals surface area contributed by atoms with Crippen LogP contribution in [0, 0.1) is 11.3 Å². The van der Waals surface area contributed by atoms with Crippen LogP contribution in [-0.2, 0) is 11.0 Å². The van der Waals surface area contributed by atoms with Crippen LogP contribution in [0.25, 0.3) is 0 Å². The molecule has 0 heterocycles. The molecular weight excluding hydrogens is 273 g/mol. The second-order valence-electron chi connectivity index (χ2n) is 3.96. The van der Waals surface area contributed by atoms with Crippen LogP contribution in [0.4, 0.5) is 13.2 Å². The molecule has 0 aliphatic rings. The van der Waals surface area contributed by atoms with Crippen molar-refractivity contribution < 1.29 is 22.7 Å². The Morgan fingerprint density at radius 2 is 2.15 bits per heavy atom. The number of nitrogens with zero attached hydrogens (tertiary/aromatic N) is 1. The topological polar surface area (TPSA) is 62.1 Å². The highest BCUT2D eigenvalue weighted by Crippen LogP contribution is 2.36. The number of hydrogen-bond donors (Lipinski definition) is 1. The van der Waals surface area contributed by atoms with Crippen molar-refractivity contribution in [3.63, 3.8) is 0 Å². The molecule has 0 fully saturated rings. The summed E-state index contributed by atoms with van der Waals surface area (Å²) in [6, 6.07) is 4.56. The number of nitriles is 1. The molecule has 0 spiro atoms. The van der Waals surface area contributed by atoms with E-state index < -0.39 is 30.0 Å². The molecule has 1 aromatic rings. The standard InChI is InChI=1S/C13H13F3N2O2/c1-2-5-18-12(19)8-20-11-4-3-9(7-17)6-10(11)13(14,15)16/h3-4,6H,2,5,8H2,1H3,(H,18,19). The number of alkyl halides is 3. The lowest BCUT2D eigenvalue weighted by Crippen LogP contribution is -2.29. The molecule has 1 aromatic carbocycles. The van der Waals surface area contributed by atoms with E-state index in [4.69, 9.17) is 10.00 Å². The van der Waals surface area contributed by atoms with Gasteiger partial charge in [0.25, 0.3) is 5.91 Å². The number of carbonyl (C=O) groups excluding carboxylic acids is 1. The van der Waals surface area contributed by atoms with Gasteiger partial charge in [0.1, 0.15) is 5.75 Å². The molecule has 0 saturated carbocycles. The van der Waals surface area contributed by atoms with E-state index in [0.717, 1.165) is 12.5 Å². The highest BCUT2D eigenvalue weighted by atomic mass is 19.4. The number of amides is 1. The van der Waals surface area contributed by atoms with E-state index in [1.54, 1.807) is 6.07 Å². The predicted octanol–water partition coefficient (Wildman–Crippen LogP) is 2.48. The van der Waals surface area contributed by atoms with Crippen molar-refractivity contribution >= 4 is 5.91 Å². The van der Waals surface area contributed by atoms with Gasteiger partial charge in [-0.1, -0.05) is 6.92 Å². The molecule has 0 aliphatic carbocycles. The Hall–Kier alpha value is -2.23. The largest absolute Gasteiger partial charge is 0.483 e. The van der Waals surface area contributed by atoms with Crippen molar-refractivity contribution in [3.8, 4) is 11.8 Å². The summed E-state index contributed by atoms with van der Waals surface area (Å²) >= 11 is 0. The number of ether oxygens (including phenoxy) is 1. The SMILES string of the molecule is CCCNC(=O)COc1ccc(C#N)cc1C(F)(F)F. The molecule has 0 atom stereocenters. The zero-order chi connectivity index (χ0) is 15.2. The zero-order valence-corrected chi connectivity index (χ0v) is 10.8. The summed E-state index contributed by atoms with van der Waals surface area (Å²) < 4.78 is 43.3. The molecule has 0 bridgehead atoms. The normalized spacial score (nSPS) is 10.8. The molecule has 108 valence electrons. The van der Waals surface area contributed by atoms with E-state index in [9.17, 15) is 18.0 Å². The number of rotatable bonds is 5. The van der Waals surface area contributed by atoms with Crippen molar-refractivity contribution in [1.29, 1.82) is 5.26 Å². The Morgan fingerprint density at radius 1 is 1.45 bits per heavy atom. The van der Waals surface area contributed by atoms with Gasteiger partial charge in [-0.3, -0.25) is 4.79 Å². The van der Waals surface area contributed by atoms with Crippen molar-refractivity contribution in [2.75, 3.05) is 13.2 Å². The summed E-state index contributed by atoms with van der Waals surface area (Å²) in [7, 11) is 0. The van der Waals surface area contributed by atoms with Gasteiger partial charge in [-0.25, -0.2) is 0 Å². The third-order valence-corrected chi connectivity index (χ3v) is 2.34. The van der Waals surface area contributed by atoms with E-state index >= 15 is 0 Å². The predicted molar refractivity (Wildman–Crippen MR) is 65.0 cm³/mol. The van der Waals surface area contributed by atoms with Crippen LogP contribution in [-0.4, -0.2) is 19.1 Å². The summed E-state index contributed by atoms with van der Waals surface area (Å²) in [5.74, 6) is -0.965. The van der Waals surface area contributed by atoms with Crippen LogP contribution in [0.3, 0.4) is 0 Å². The fourth-order valence-corrected chi connectivity index (χ4v) is 1.41. The van der Waals surface area contributed by atoms with Crippen molar-refractivity contribution in [3.05, 3.63) is 29.3 Å². The Bertz CT molecular complexity index is 521. The fraction of sp³-hybridized carbons (Fsp3) is 0.385. The van der Waals surface area contributed by atoms with Crippen molar-refractivity contribution in [2.45, 2.75) is 19.5 Å². The molecule has 0 aromatic heterocycles. The molecule has 1 rings (SSSR count). The van der Waals surface area contributed by atoms with Gasteiger partial charge < -0.3 is 10.1 Å². The molecule has 7 heteroatoms. The Kier molecular flexibility index (Phi) is 5.38. The molecule has 0 saturated heterocycles.